The topological polar surface area (TPSA) is 95.9 Å². The van der Waals surface area contributed by atoms with E-state index < -0.39 is 18.2 Å². The number of aliphatic hydroxyl groups is 2. The summed E-state index contributed by atoms with van der Waals surface area (Å²) in [6, 6.07) is -0.740. The predicted molar refractivity (Wildman–Crippen MR) is 218 cm³/mol. The largest absolute Gasteiger partial charge is 0.461 e. The van der Waals surface area contributed by atoms with Gasteiger partial charge in [0.15, 0.2) is 0 Å². The van der Waals surface area contributed by atoms with Crippen molar-refractivity contribution in [3.8, 4) is 0 Å². The van der Waals surface area contributed by atoms with Gasteiger partial charge in [-0.05, 0) is 38.5 Å². The molecule has 0 aliphatic carbocycles. The Morgan fingerprint density at radius 2 is 1.14 bits per heavy atom. The molecule has 0 aromatic carbocycles. The molecule has 0 aromatic rings. The van der Waals surface area contributed by atoms with Gasteiger partial charge in [0.05, 0.1) is 25.2 Å². The summed E-state index contributed by atoms with van der Waals surface area (Å²) in [5.41, 5.74) is 0. The van der Waals surface area contributed by atoms with Gasteiger partial charge < -0.3 is 20.3 Å². The second-order valence-corrected chi connectivity index (χ2v) is 13.8. The molecular weight excluding hydrogens is 634 g/mol. The SMILES string of the molecule is CC/C=C/C=C/C=C\C=C/C=C/CC(CC(=O)NC(CO)C(O)CCCCCCCCCCCCC)OC(=O)CCCCCCC/C=C\CCC. The van der Waals surface area contributed by atoms with Crippen LogP contribution in [0, 0.1) is 0 Å². The molecule has 0 fully saturated rings. The van der Waals surface area contributed by atoms with Gasteiger partial charge in [0, 0.05) is 12.8 Å². The summed E-state index contributed by atoms with van der Waals surface area (Å²) in [5.74, 6) is -0.630. The van der Waals surface area contributed by atoms with Crippen LogP contribution in [0.2, 0.25) is 0 Å². The van der Waals surface area contributed by atoms with Crippen molar-refractivity contribution in [1.82, 2.24) is 5.32 Å². The average Bonchev–Trinajstić information content (AvgIpc) is 3.12. The second-order valence-electron chi connectivity index (χ2n) is 13.8. The molecule has 1 amide bonds. The second kappa shape index (κ2) is 38.5. The van der Waals surface area contributed by atoms with Crippen molar-refractivity contribution in [2.75, 3.05) is 6.61 Å². The molecule has 51 heavy (non-hydrogen) atoms. The lowest BCUT2D eigenvalue weighted by Gasteiger charge is -2.24. The lowest BCUT2D eigenvalue weighted by Crippen LogP contribution is -2.46. The first-order chi connectivity index (χ1) is 25.0. The summed E-state index contributed by atoms with van der Waals surface area (Å²) >= 11 is 0. The molecule has 0 aliphatic rings. The lowest BCUT2D eigenvalue weighted by atomic mass is 10.0. The molecule has 3 N–H and O–H groups in total. The van der Waals surface area contributed by atoms with Crippen molar-refractivity contribution >= 4 is 11.9 Å². The minimum atomic E-state index is -0.818. The number of allylic oxidation sites excluding steroid dienone is 11. The van der Waals surface area contributed by atoms with E-state index in [1.165, 1.54) is 64.2 Å². The number of nitrogens with one attached hydrogen (secondary N) is 1. The van der Waals surface area contributed by atoms with Crippen molar-refractivity contribution in [3.63, 3.8) is 0 Å². The summed E-state index contributed by atoms with van der Waals surface area (Å²) in [4.78, 5) is 25.8. The number of unbranched alkanes of at least 4 members (excludes halogenated alkanes) is 16. The number of aliphatic hydroxyl groups excluding tert-OH is 2. The highest BCUT2D eigenvalue weighted by Crippen LogP contribution is 2.15. The quantitative estimate of drug-likeness (QED) is 0.0263. The third-order valence-corrected chi connectivity index (χ3v) is 8.88. The maximum atomic E-state index is 13.0. The number of amides is 1. The Bertz CT molecular complexity index is 979. The molecule has 0 bridgehead atoms. The number of esters is 1. The molecule has 0 rings (SSSR count). The maximum Gasteiger partial charge on any atom is 0.306 e. The minimum absolute atomic E-state index is 0.0248. The van der Waals surface area contributed by atoms with Gasteiger partial charge in [-0.15, -0.1) is 0 Å². The van der Waals surface area contributed by atoms with Crippen LogP contribution in [-0.4, -0.2) is 46.9 Å². The summed E-state index contributed by atoms with van der Waals surface area (Å²) in [7, 11) is 0. The van der Waals surface area contributed by atoms with E-state index in [2.05, 4.69) is 44.3 Å². The number of hydrogen-bond donors (Lipinski definition) is 3. The highest BCUT2D eigenvalue weighted by molar-refractivity contribution is 5.77. The minimum Gasteiger partial charge on any atom is -0.461 e. The number of carbonyl (C=O) groups is 2. The Morgan fingerprint density at radius 3 is 1.73 bits per heavy atom. The number of carbonyl (C=O) groups excluding carboxylic acids is 2. The van der Waals surface area contributed by atoms with E-state index in [1.54, 1.807) is 0 Å². The number of ether oxygens (including phenoxy) is 1. The van der Waals surface area contributed by atoms with Gasteiger partial charge in [-0.2, -0.15) is 0 Å². The Balaban J connectivity index is 4.79. The highest BCUT2D eigenvalue weighted by atomic mass is 16.5. The summed E-state index contributed by atoms with van der Waals surface area (Å²) in [5, 5.41) is 23.5. The molecule has 3 atom stereocenters. The first-order valence-electron chi connectivity index (χ1n) is 20.7. The van der Waals surface area contributed by atoms with Crippen molar-refractivity contribution < 1.29 is 24.5 Å². The van der Waals surface area contributed by atoms with Crippen LogP contribution in [0.1, 0.15) is 175 Å². The van der Waals surface area contributed by atoms with Crippen LogP contribution in [-0.2, 0) is 14.3 Å². The smallest absolute Gasteiger partial charge is 0.306 e. The van der Waals surface area contributed by atoms with Crippen molar-refractivity contribution in [3.05, 3.63) is 72.9 Å². The molecule has 292 valence electrons. The zero-order valence-electron chi connectivity index (χ0n) is 33.0. The third-order valence-electron chi connectivity index (χ3n) is 8.88. The highest BCUT2D eigenvalue weighted by Gasteiger charge is 2.23. The van der Waals surface area contributed by atoms with Gasteiger partial charge in [0.2, 0.25) is 5.91 Å². The Hall–Kier alpha value is -2.70. The van der Waals surface area contributed by atoms with Crippen LogP contribution in [0.25, 0.3) is 0 Å². The molecule has 6 nitrogen and oxygen atoms in total. The fraction of sp³-hybridized carbons (Fsp3) is 0.689. The molecule has 6 heteroatoms. The standard InChI is InChI=1S/C45H77NO5/c1-4-7-10-13-16-19-22-24-27-30-33-36-41(51-45(50)38-35-32-29-26-21-18-15-12-9-6-3)39-44(49)46-42(40-47)43(48)37-34-31-28-25-23-20-17-14-11-8-5-2/h7,10,12-13,15-16,19,22,24,27,30,33,41-43,47-48H,4-6,8-9,11,14,17-18,20-21,23,25-26,28-29,31-32,34-40H2,1-3H3,(H,46,49)/b10-7+,15-12-,16-13+,22-19-,27-24-,33-30+. The van der Waals surface area contributed by atoms with E-state index in [0.29, 0.717) is 19.3 Å². The van der Waals surface area contributed by atoms with Crippen molar-refractivity contribution in [1.29, 1.82) is 0 Å². The van der Waals surface area contributed by atoms with E-state index in [1.807, 2.05) is 54.7 Å². The molecular formula is C45H77NO5. The van der Waals surface area contributed by atoms with Gasteiger partial charge in [-0.1, -0.05) is 190 Å². The van der Waals surface area contributed by atoms with Gasteiger partial charge in [-0.3, -0.25) is 9.59 Å². The zero-order chi connectivity index (χ0) is 37.5. The monoisotopic (exact) mass is 712 g/mol. The molecule has 0 radical (unpaired) electrons. The predicted octanol–water partition coefficient (Wildman–Crippen LogP) is 11.5. The summed E-state index contributed by atoms with van der Waals surface area (Å²) in [6.45, 7) is 6.19. The van der Waals surface area contributed by atoms with Crippen LogP contribution < -0.4 is 5.32 Å². The molecule has 0 heterocycles. The lowest BCUT2D eigenvalue weighted by molar-refractivity contribution is -0.150. The van der Waals surface area contributed by atoms with E-state index >= 15 is 0 Å². The van der Waals surface area contributed by atoms with Crippen LogP contribution in [0.15, 0.2) is 72.9 Å². The van der Waals surface area contributed by atoms with Crippen LogP contribution >= 0.6 is 0 Å². The molecule has 0 aromatic heterocycles. The van der Waals surface area contributed by atoms with Gasteiger partial charge >= 0.3 is 5.97 Å². The summed E-state index contributed by atoms with van der Waals surface area (Å²) in [6.07, 6.45) is 47.0. The number of rotatable bonds is 35. The Labute approximate surface area is 313 Å². The average molecular weight is 712 g/mol. The Morgan fingerprint density at radius 1 is 0.608 bits per heavy atom. The maximum absolute atomic E-state index is 13.0. The Kier molecular flexibility index (Phi) is 36.5. The fourth-order valence-electron chi connectivity index (χ4n) is 5.75. The fourth-order valence-corrected chi connectivity index (χ4v) is 5.75. The van der Waals surface area contributed by atoms with Crippen LogP contribution in [0.4, 0.5) is 0 Å². The van der Waals surface area contributed by atoms with Gasteiger partial charge in [-0.25, -0.2) is 0 Å². The van der Waals surface area contributed by atoms with Crippen molar-refractivity contribution in [2.45, 2.75) is 193 Å². The molecule has 0 aliphatic heterocycles. The first-order valence-corrected chi connectivity index (χ1v) is 20.7. The van der Waals surface area contributed by atoms with Gasteiger partial charge in [0.25, 0.3) is 0 Å². The van der Waals surface area contributed by atoms with E-state index in [4.69, 9.17) is 4.74 Å². The van der Waals surface area contributed by atoms with Crippen molar-refractivity contribution in [2.24, 2.45) is 0 Å². The van der Waals surface area contributed by atoms with E-state index in [0.717, 1.165) is 64.2 Å². The molecule has 0 saturated heterocycles. The molecule has 0 saturated carbocycles. The van der Waals surface area contributed by atoms with E-state index in [9.17, 15) is 19.8 Å². The van der Waals surface area contributed by atoms with Crippen LogP contribution in [0.3, 0.4) is 0 Å². The number of hydrogen-bond acceptors (Lipinski definition) is 5. The van der Waals surface area contributed by atoms with Gasteiger partial charge in [0.1, 0.15) is 6.10 Å². The van der Waals surface area contributed by atoms with Crippen LogP contribution in [0.5, 0.6) is 0 Å². The van der Waals surface area contributed by atoms with E-state index in [-0.39, 0.29) is 24.9 Å². The normalized spacial score (nSPS) is 14.2. The molecule has 3 unspecified atom stereocenters. The molecule has 0 spiro atoms. The zero-order valence-corrected chi connectivity index (χ0v) is 33.0. The summed E-state index contributed by atoms with van der Waals surface area (Å²) < 4.78 is 5.78. The third kappa shape index (κ3) is 34.2. The first kappa shape index (κ1) is 48.3.